The molecule has 0 aliphatic rings. The van der Waals surface area contributed by atoms with E-state index in [1.807, 2.05) is 0 Å². The predicted molar refractivity (Wildman–Crippen MR) is 60.6 cm³/mol. The Bertz CT molecular complexity index is 887. The van der Waals surface area contributed by atoms with Gasteiger partial charge in [-0.25, -0.2) is 13.2 Å². The zero-order valence-electron chi connectivity index (χ0n) is 9.56. The summed E-state index contributed by atoms with van der Waals surface area (Å²) in [5, 5.41) is 13.5. The van der Waals surface area contributed by atoms with Gasteiger partial charge in [-0.2, -0.15) is 14.6 Å². The molecule has 3 rings (SSSR count). The maximum absolute atomic E-state index is 13.7. The Morgan fingerprint density at radius 1 is 1.15 bits per heavy atom. The third-order valence-corrected chi connectivity index (χ3v) is 2.70. The topological polar surface area (TPSA) is 83.3 Å². The number of rotatable bonds is 1. The zero-order valence-corrected chi connectivity index (χ0v) is 9.56. The monoisotopic (exact) mass is 282 g/mol. The number of benzene rings is 1. The molecule has 0 amide bonds. The van der Waals surface area contributed by atoms with Gasteiger partial charge in [-0.1, -0.05) is 0 Å². The minimum absolute atomic E-state index is 0.0701. The number of halogens is 3. The summed E-state index contributed by atoms with van der Waals surface area (Å²) in [5.74, 6) is -4.74. The molecule has 2 heterocycles. The van der Waals surface area contributed by atoms with Crippen LogP contribution in [0.1, 0.15) is 0 Å². The lowest BCUT2D eigenvalue weighted by Gasteiger charge is -2.06. The number of hydrogen-bond acceptors (Lipinski definition) is 4. The van der Waals surface area contributed by atoms with Crippen molar-refractivity contribution >= 4 is 5.78 Å². The zero-order chi connectivity index (χ0) is 14.4. The molecule has 0 atom stereocenters. The summed E-state index contributed by atoms with van der Waals surface area (Å²) in [6.07, 6.45) is 1.05. The van der Waals surface area contributed by atoms with Crippen molar-refractivity contribution in [3.8, 4) is 17.0 Å². The number of aromatic amines is 1. The fourth-order valence-electron chi connectivity index (χ4n) is 1.81. The molecule has 6 nitrogen and oxygen atoms in total. The lowest BCUT2D eigenvalue weighted by atomic mass is 10.1. The van der Waals surface area contributed by atoms with E-state index in [1.54, 1.807) is 0 Å². The Morgan fingerprint density at radius 3 is 2.60 bits per heavy atom. The van der Waals surface area contributed by atoms with Crippen molar-refractivity contribution < 1.29 is 18.3 Å². The number of aromatic nitrogens is 4. The van der Waals surface area contributed by atoms with Gasteiger partial charge in [-0.3, -0.25) is 9.78 Å². The van der Waals surface area contributed by atoms with E-state index in [1.165, 1.54) is 0 Å². The van der Waals surface area contributed by atoms with Crippen LogP contribution in [0.15, 0.2) is 23.3 Å². The van der Waals surface area contributed by atoms with Crippen LogP contribution < -0.4 is 5.56 Å². The van der Waals surface area contributed by atoms with Crippen LogP contribution in [0, 0.1) is 17.5 Å². The normalized spacial score (nSPS) is 11.2. The summed E-state index contributed by atoms with van der Waals surface area (Å²) in [7, 11) is 0. The Balaban J connectivity index is 2.40. The van der Waals surface area contributed by atoms with E-state index in [4.69, 9.17) is 0 Å². The van der Waals surface area contributed by atoms with Gasteiger partial charge in [0, 0.05) is 11.6 Å². The van der Waals surface area contributed by atoms with Gasteiger partial charge in [-0.05, 0) is 6.07 Å². The van der Waals surface area contributed by atoms with Crippen LogP contribution in [0.25, 0.3) is 16.9 Å². The summed E-state index contributed by atoms with van der Waals surface area (Å²) in [4.78, 5) is 17.7. The number of hydrogen-bond donors (Lipinski definition) is 2. The van der Waals surface area contributed by atoms with Crippen LogP contribution in [0.4, 0.5) is 13.2 Å². The van der Waals surface area contributed by atoms with Gasteiger partial charge in [0.15, 0.2) is 11.6 Å². The van der Waals surface area contributed by atoms with E-state index in [9.17, 15) is 23.1 Å². The van der Waals surface area contributed by atoms with Crippen molar-refractivity contribution in [3.05, 3.63) is 46.3 Å². The Labute approximate surface area is 108 Å². The number of nitrogens with one attached hydrogen (secondary N) is 1. The molecule has 0 fully saturated rings. The molecule has 0 aliphatic heterocycles. The van der Waals surface area contributed by atoms with Crippen molar-refractivity contribution in [2.45, 2.75) is 0 Å². The second-order valence-corrected chi connectivity index (χ2v) is 3.89. The van der Waals surface area contributed by atoms with Gasteiger partial charge in [0.25, 0.3) is 5.56 Å². The van der Waals surface area contributed by atoms with Gasteiger partial charge in [0.2, 0.25) is 11.7 Å². The third-order valence-electron chi connectivity index (χ3n) is 2.70. The van der Waals surface area contributed by atoms with Crippen LogP contribution in [0.3, 0.4) is 0 Å². The lowest BCUT2D eigenvalue weighted by molar-refractivity contribution is 0.435. The molecular weight excluding hydrogens is 277 g/mol. The highest BCUT2D eigenvalue weighted by molar-refractivity contribution is 5.69. The number of fused-ring (bicyclic) bond motifs is 1. The van der Waals surface area contributed by atoms with Crippen LogP contribution >= 0.6 is 0 Å². The summed E-state index contributed by atoms with van der Waals surface area (Å²) in [6.45, 7) is 0. The van der Waals surface area contributed by atoms with Gasteiger partial charge in [0.05, 0.1) is 0 Å². The number of nitrogens with zero attached hydrogens (tertiary/aromatic N) is 3. The van der Waals surface area contributed by atoms with Crippen molar-refractivity contribution in [1.82, 2.24) is 19.6 Å². The standard InChI is InChI=1S/C11H5F3N4O2/c12-5-2-7(14)6(13)1-4(5)8-9(19)17-11-15-3-16-18(11)10(8)20/h1-3,20H,(H,15,16,17,19). The fraction of sp³-hybridized carbons (Fsp3) is 0. The first-order valence-electron chi connectivity index (χ1n) is 5.29. The highest BCUT2D eigenvalue weighted by Crippen LogP contribution is 2.28. The van der Waals surface area contributed by atoms with Crippen molar-refractivity contribution in [1.29, 1.82) is 0 Å². The molecule has 0 saturated heterocycles. The first-order valence-corrected chi connectivity index (χ1v) is 5.29. The van der Waals surface area contributed by atoms with E-state index >= 15 is 0 Å². The fourth-order valence-corrected chi connectivity index (χ4v) is 1.81. The van der Waals surface area contributed by atoms with Crippen molar-refractivity contribution in [3.63, 3.8) is 0 Å². The predicted octanol–water partition coefficient (Wildman–Crippen LogP) is 1.21. The first-order chi connectivity index (χ1) is 9.49. The molecular formula is C11H5F3N4O2. The highest BCUT2D eigenvalue weighted by atomic mass is 19.2. The summed E-state index contributed by atoms with van der Waals surface area (Å²) >= 11 is 0. The quantitative estimate of drug-likeness (QED) is 0.657. The van der Waals surface area contributed by atoms with Crippen LogP contribution in [0.2, 0.25) is 0 Å². The molecule has 1 aromatic carbocycles. The van der Waals surface area contributed by atoms with Crippen molar-refractivity contribution in [2.75, 3.05) is 0 Å². The minimum Gasteiger partial charge on any atom is -0.493 e. The molecule has 0 bridgehead atoms. The highest BCUT2D eigenvalue weighted by Gasteiger charge is 2.20. The molecule has 20 heavy (non-hydrogen) atoms. The van der Waals surface area contributed by atoms with E-state index in [0.717, 1.165) is 10.8 Å². The number of H-pyrrole nitrogens is 1. The largest absolute Gasteiger partial charge is 0.493 e. The van der Waals surface area contributed by atoms with Crippen LogP contribution in [0.5, 0.6) is 5.88 Å². The molecule has 0 unspecified atom stereocenters. The molecule has 0 radical (unpaired) electrons. The summed E-state index contributed by atoms with van der Waals surface area (Å²) in [5.41, 5.74) is -2.06. The first kappa shape index (κ1) is 12.2. The molecule has 9 heteroatoms. The molecule has 2 N–H and O–H groups in total. The average Bonchev–Trinajstić information content (AvgIpc) is 2.83. The van der Waals surface area contributed by atoms with E-state index < -0.39 is 40.0 Å². The maximum atomic E-state index is 13.7. The Kier molecular flexibility index (Phi) is 2.49. The number of aromatic hydroxyl groups is 1. The molecule has 2 aromatic heterocycles. The Hall–Kier alpha value is -2.84. The molecule has 0 spiro atoms. The molecule has 102 valence electrons. The third kappa shape index (κ3) is 1.63. The average molecular weight is 282 g/mol. The summed E-state index contributed by atoms with van der Waals surface area (Å²) in [6, 6.07) is 0.771. The smallest absolute Gasteiger partial charge is 0.264 e. The second kappa shape index (κ2) is 4.08. The molecule has 0 aliphatic carbocycles. The van der Waals surface area contributed by atoms with Gasteiger partial charge in [0.1, 0.15) is 17.7 Å². The van der Waals surface area contributed by atoms with Crippen LogP contribution in [-0.4, -0.2) is 24.7 Å². The minimum atomic E-state index is -1.40. The van der Waals surface area contributed by atoms with Gasteiger partial charge >= 0.3 is 0 Å². The molecule has 3 aromatic rings. The van der Waals surface area contributed by atoms with Gasteiger partial charge < -0.3 is 5.11 Å². The Morgan fingerprint density at radius 2 is 1.85 bits per heavy atom. The lowest BCUT2D eigenvalue weighted by Crippen LogP contribution is -2.14. The van der Waals surface area contributed by atoms with E-state index in [2.05, 4.69) is 15.1 Å². The SMILES string of the molecule is O=c1[nH]c2ncnn2c(O)c1-c1cc(F)c(F)cc1F. The van der Waals surface area contributed by atoms with Crippen LogP contribution in [-0.2, 0) is 0 Å². The van der Waals surface area contributed by atoms with Crippen molar-refractivity contribution in [2.24, 2.45) is 0 Å². The van der Waals surface area contributed by atoms with E-state index in [0.29, 0.717) is 6.07 Å². The second-order valence-electron chi connectivity index (χ2n) is 3.89. The summed E-state index contributed by atoms with van der Waals surface area (Å²) < 4.78 is 40.6. The maximum Gasteiger partial charge on any atom is 0.264 e. The van der Waals surface area contributed by atoms with Gasteiger partial charge in [-0.15, -0.1) is 0 Å². The molecule has 0 saturated carbocycles. The van der Waals surface area contributed by atoms with E-state index in [-0.39, 0.29) is 11.8 Å².